The van der Waals surface area contributed by atoms with E-state index in [4.69, 9.17) is 24.9 Å². The molecule has 1 aromatic carbocycles. The summed E-state index contributed by atoms with van der Waals surface area (Å²) < 4.78 is 18.7. The second-order valence-electron chi connectivity index (χ2n) is 5.85. The van der Waals surface area contributed by atoms with Crippen LogP contribution < -0.4 is 15.2 Å². The van der Waals surface area contributed by atoms with Gasteiger partial charge in [0.2, 0.25) is 0 Å². The average Bonchev–Trinajstić information content (AvgIpc) is 2.85. The molecule has 0 unspecified atom stereocenters. The number of ether oxygens (including phenoxy) is 3. The highest BCUT2D eigenvalue weighted by Crippen LogP contribution is 2.39. The molecule has 0 spiro atoms. The van der Waals surface area contributed by atoms with Gasteiger partial charge in [-0.3, -0.25) is 0 Å². The lowest BCUT2D eigenvalue weighted by Gasteiger charge is -2.25. The van der Waals surface area contributed by atoms with Crippen LogP contribution in [0.15, 0.2) is 12.1 Å². The molecule has 23 heavy (non-hydrogen) atoms. The number of fused-ring (bicyclic) bond motifs is 1. The molecule has 2 N–H and O–H groups in total. The summed E-state index contributed by atoms with van der Waals surface area (Å²) in [5.41, 5.74) is 7.50. The molecule has 6 heteroatoms. The average molecular weight is 319 g/mol. The summed E-state index contributed by atoms with van der Waals surface area (Å²) in [4.78, 5) is 4.86. The van der Waals surface area contributed by atoms with Crippen molar-refractivity contribution in [2.45, 2.75) is 31.7 Å². The van der Waals surface area contributed by atoms with Gasteiger partial charge in [-0.25, -0.2) is 4.98 Å². The van der Waals surface area contributed by atoms with E-state index in [9.17, 15) is 0 Å². The quantitative estimate of drug-likeness (QED) is 0.756. The Kier molecular flexibility index (Phi) is 5.03. The van der Waals surface area contributed by atoms with Gasteiger partial charge < -0.3 is 24.5 Å². The molecule has 2 aromatic rings. The first-order chi connectivity index (χ1) is 11.3. The van der Waals surface area contributed by atoms with Crippen LogP contribution in [0.1, 0.15) is 31.0 Å². The van der Waals surface area contributed by atoms with Crippen LogP contribution in [0, 0.1) is 0 Å². The van der Waals surface area contributed by atoms with Gasteiger partial charge in [0.05, 0.1) is 38.5 Å². The lowest BCUT2D eigenvalue weighted by molar-refractivity contribution is 0.132. The first-order valence-corrected chi connectivity index (χ1v) is 8.18. The second-order valence-corrected chi connectivity index (χ2v) is 5.85. The van der Waals surface area contributed by atoms with Crippen LogP contribution in [0.2, 0.25) is 0 Å². The number of hydrogen-bond donors (Lipinski definition) is 1. The molecular weight excluding hydrogens is 294 g/mol. The van der Waals surface area contributed by atoms with E-state index in [0.717, 1.165) is 29.2 Å². The summed E-state index contributed by atoms with van der Waals surface area (Å²) in [5.74, 6) is 3.14. The summed E-state index contributed by atoms with van der Waals surface area (Å²) in [6.07, 6.45) is 3.70. The van der Waals surface area contributed by atoms with E-state index in [0.29, 0.717) is 31.4 Å². The highest BCUT2D eigenvalue weighted by Gasteiger charge is 2.26. The smallest absolute Gasteiger partial charge is 0.163 e. The van der Waals surface area contributed by atoms with Crippen LogP contribution in [0.5, 0.6) is 11.5 Å². The number of nitrogens with two attached hydrogens (primary N) is 1. The standard InChI is InChI=1S/C17H25N3O3/c1-21-15-10-13-14(11-16(15)22-2)20(7-9-23-8-6-18)17(19-13)12-4-3-5-12/h10-12H,3-9,18H2,1-2H3. The van der Waals surface area contributed by atoms with E-state index in [1.807, 2.05) is 12.1 Å². The number of nitrogens with zero attached hydrogens (tertiary/aromatic N) is 2. The van der Waals surface area contributed by atoms with Gasteiger partial charge in [-0.15, -0.1) is 0 Å². The normalized spacial score (nSPS) is 14.9. The second kappa shape index (κ2) is 7.19. The number of hydrogen-bond acceptors (Lipinski definition) is 5. The van der Waals surface area contributed by atoms with Crippen molar-refractivity contribution in [2.24, 2.45) is 5.73 Å². The molecule has 1 aromatic heterocycles. The predicted octanol–water partition coefficient (Wildman–Crippen LogP) is 2.30. The Balaban J connectivity index is 1.97. The van der Waals surface area contributed by atoms with Crippen molar-refractivity contribution in [1.82, 2.24) is 9.55 Å². The van der Waals surface area contributed by atoms with Crippen LogP contribution >= 0.6 is 0 Å². The molecule has 0 amide bonds. The van der Waals surface area contributed by atoms with E-state index >= 15 is 0 Å². The Labute approximate surface area is 136 Å². The zero-order chi connectivity index (χ0) is 16.2. The molecule has 0 atom stereocenters. The summed E-state index contributed by atoms with van der Waals surface area (Å²) in [6, 6.07) is 3.96. The van der Waals surface area contributed by atoms with Crippen molar-refractivity contribution >= 4 is 11.0 Å². The molecule has 0 radical (unpaired) electrons. The molecule has 0 aliphatic heterocycles. The van der Waals surface area contributed by atoms with Crippen LogP contribution in [0.3, 0.4) is 0 Å². The largest absolute Gasteiger partial charge is 0.493 e. The van der Waals surface area contributed by atoms with Crippen molar-refractivity contribution < 1.29 is 14.2 Å². The third-order valence-electron chi connectivity index (χ3n) is 4.47. The van der Waals surface area contributed by atoms with Crippen molar-refractivity contribution in [2.75, 3.05) is 34.0 Å². The summed E-state index contributed by atoms with van der Waals surface area (Å²) in [5, 5.41) is 0. The van der Waals surface area contributed by atoms with Gasteiger partial charge in [-0.1, -0.05) is 6.42 Å². The lowest BCUT2D eigenvalue weighted by atomic mass is 9.85. The Hall–Kier alpha value is -1.79. The van der Waals surface area contributed by atoms with Gasteiger partial charge in [-0.2, -0.15) is 0 Å². The van der Waals surface area contributed by atoms with Crippen molar-refractivity contribution in [1.29, 1.82) is 0 Å². The number of imidazole rings is 1. The maximum Gasteiger partial charge on any atom is 0.163 e. The van der Waals surface area contributed by atoms with Gasteiger partial charge in [0.25, 0.3) is 0 Å². The van der Waals surface area contributed by atoms with Crippen LogP contribution in [-0.2, 0) is 11.3 Å². The summed E-state index contributed by atoms with van der Waals surface area (Å²) >= 11 is 0. The Bertz CT molecular complexity index is 665. The maximum absolute atomic E-state index is 5.56. The fraction of sp³-hybridized carbons (Fsp3) is 0.588. The Morgan fingerprint density at radius 2 is 1.91 bits per heavy atom. The van der Waals surface area contributed by atoms with Gasteiger partial charge in [0, 0.05) is 31.1 Å². The van der Waals surface area contributed by atoms with E-state index in [1.54, 1.807) is 14.2 Å². The number of aromatic nitrogens is 2. The van der Waals surface area contributed by atoms with E-state index in [2.05, 4.69) is 4.57 Å². The van der Waals surface area contributed by atoms with Gasteiger partial charge in [0.1, 0.15) is 5.82 Å². The van der Waals surface area contributed by atoms with Gasteiger partial charge in [0.15, 0.2) is 11.5 Å². The summed E-state index contributed by atoms with van der Waals surface area (Å²) in [7, 11) is 3.30. The first-order valence-electron chi connectivity index (χ1n) is 8.18. The zero-order valence-corrected chi connectivity index (χ0v) is 13.9. The predicted molar refractivity (Wildman–Crippen MR) is 89.3 cm³/mol. The first kappa shape index (κ1) is 16.1. The zero-order valence-electron chi connectivity index (χ0n) is 13.9. The topological polar surface area (TPSA) is 71.5 Å². The van der Waals surface area contributed by atoms with Gasteiger partial charge in [-0.05, 0) is 12.8 Å². The number of rotatable bonds is 8. The third-order valence-corrected chi connectivity index (χ3v) is 4.47. The molecule has 1 aliphatic carbocycles. The minimum atomic E-state index is 0.547. The van der Waals surface area contributed by atoms with E-state index < -0.39 is 0 Å². The van der Waals surface area contributed by atoms with Crippen LogP contribution in [-0.4, -0.2) is 43.5 Å². The molecule has 1 heterocycles. The molecule has 126 valence electrons. The Morgan fingerprint density at radius 1 is 1.17 bits per heavy atom. The fourth-order valence-electron chi connectivity index (χ4n) is 3.02. The van der Waals surface area contributed by atoms with Crippen molar-refractivity contribution in [3.05, 3.63) is 18.0 Å². The monoisotopic (exact) mass is 319 g/mol. The van der Waals surface area contributed by atoms with Crippen molar-refractivity contribution in [3.8, 4) is 11.5 Å². The Morgan fingerprint density at radius 3 is 2.52 bits per heavy atom. The highest BCUT2D eigenvalue weighted by atomic mass is 16.5. The summed E-state index contributed by atoms with van der Waals surface area (Å²) in [6.45, 7) is 2.54. The fourth-order valence-corrected chi connectivity index (χ4v) is 3.02. The van der Waals surface area contributed by atoms with Crippen LogP contribution in [0.4, 0.5) is 0 Å². The van der Waals surface area contributed by atoms with Crippen LogP contribution in [0.25, 0.3) is 11.0 Å². The maximum atomic E-state index is 5.56. The van der Waals surface area contributed by atoms with Crippen molar-refractivity contribution in [3.63, 3.8) is 0 Å². The minimum absolute atomic E-state index is 0.547. The van der Waals surface area contributed by atoms with E-state index in [-0.39, 0.29) is 0 Å². The molecule has 1 fully saturated rings. The highest BCUT2D eigenvalue weighted by molar-refractivity contribution is 5.81. The molecule has 0 bridgehead atoms. The molecule has 0 saturated heterocycles. The molecular formula is C17H25N3O3. The SMILES string of the molecule is COc1cc2nc(C3CCC3)n(CCOCCN)c2cc1OC. The van der Waals surface area contributed by atoms with Gasteiger partial charge >= 0.3 is 0 Å². The minimum Gasteiger partial charge on any atom is -0.493 e. The molecule has 1 saturated carbocycles. The molecule has 3 rings (SSSR count). The lowest BCUT2D eigenvalue weighted by Crippen LogP contribution is -2.18. The number of benzene rings is 1. The molecule has 1 aliphatic rings. The third kappa shape index (κ3) is 3.14. The molecule has 6 nitrogen and oxygen atoms in total. The number of methoxy groups -OCH3 is 2. The van der Waals surface area contributed by atoms with E-state index in [1.165, 1.54) is 19.3 Å².